The summed E-state index contributed by atoms with van der Waals surface area (Å²) < 4.78 is 48.7. The predicted molar refractivity (Wildman–Crippen MR) is 174 cm³/mol. The first-order valence-electron chi connectivity index (χ1n) is 15.6. The highest BCUT2D eigenvalue weighted by Crippen LogP contribution is 2.42. The van der Waals surface area contributed by atoms with E-state index in [1.54, 1.807) is 11.2 Å². The van der Waals surface area contributed by atoms with Gasteiger partial charge in [-0.2, -0.15) is 0 Å². The van der Waals surface area contributed by atoms with Gasteiger partial charge in [0.25, 0.3) is 5.91 Å². The first-order chi connectivity index (χ1) is 22.1. The van der Waals surface area contributed by atoms with Gasteiger partial charge in [-0.15, -0.1) is 0 Å². The molecule has 0 spiro atoms. The molecule has 3 amide bonds. The molecular weight excluding hydrogens is 614 g/mol. The Labute approximate surface area is 270 Å². The molecule has 5 rings (SSSR count). The van der Waals surface area contributed by atoms with Gasteiger partial charge in [-0.05, 0) is 68.0 Å². The normalized spacial score (nSPS) is 16.1. The Bertz CT molecular complexity index is 1580. The first-order valence-corrected chi connectivity index (χ1v) is 17.1. The third-order valence-electron chi connectivity index (χ3n) is 8.26. The third kappa shape index (κ3) is 8.58. The van der Waals surface area contributed by atoms with Crippen LogP contribution in [0.5, 0.6) is 11.6 Å². The van der Waals surface area contributed by atoms with E-state index in [0.717, 1.165) is 81.2 Å². The molecule has 1 aliphatic heterocycles. The maximum Gasteiger partial charge on any atom is 0.322 e. The van der Waals surface area contributed by atoms with Gasteiger partial charge >= 0.3 is 6.03 Å². The second-order valence-electron chi connectivity index (χ2n) is 11.8. The third-order valence-corrected chi connectivity index (χ3v) is 8.78. The Hall–Kier alpha value is -4.10. The predicted octanol–water partition coefficient (Wildman–Crippen LogP) is 6.13. The fourth-order valence-electron chi connectivity index (χ4n) is 5.69. The fourth-order valence-corrected chi connectivity index (χ4v) is 6.16. The summed E-state index contributed by atoms with van der Waals surface area (Å²) in [4.78, 5) is 33.9. The summed E-state index contributed by atoms with van der Waals surface area (Å²) in [6, 6.07) is 12.2. The Morgan fingerprint density at radius 3 is 2.41 bits per heavy atom. The molecule has 13 heteroatoms. The molecule has 0 bridgehead atoms. The lowest BCUT2D eigenvalue weighted by molar-refractivity contribution is 0.0996. The molecule has 2 aromatic carbocycles. The van der Waals surface area contributed by atoms with Crippen molar-refractivity contribution in [1.82, 2.24) is 14.8 Å². The topological polar surface area (TPSA) is 130 Å². The molecule has 1 aromatic heterocycles. The van der Waals surface area contributed by atoms with Crippen LogP contribution < -0.4 is 20.5 Å². The van der Waals surface area contributed by atoms with Gasteiger partial charge in [0.05, 0.1) is 16.9 Å². The molecule has 3 aromatic rings. The molecule has 0 radical (unpaired) electrons. The molecule has 1 unspecified atom stereocenters. The van der Waals surface area contributed by atoms with E-state index in [0.29, 0.717) is 30.2 Å². The van der Waals surface area contributed by atoms with Crippen molar-refractivity contribution in [2.45, 2.75) is 64.0 Å². The van der Waals surface area contributed by atoms with E-state index in [4.69, 9.17) is 15.5 Å². The number of unbranched alkanes of at least 4 members (excludes halogenated alkanes) is 1. The van der Waals surface area contributed by atoms with Crippen LogP contribution in [-0.4, -0.2) is 62.9 Å². The monoisotopic (exact) mass is 654 g/mol. The van der Waals surface area contributed by atoms with Crippen LogP contribution in [0.2, 0.25) is 0 Å². The quantitative estimate of drug-likeness (QED) is 0.203. The smallest absolute Gasteiger partial charge is 0.322 e. The Balaban J connectivity index is 1.21. The fraction of sp³-hybridized carbons (Fsp3) is 0.424. The number of amides is 3. The number of nitrogens with one attached hydrogen (secondary N) is 2. The molecule has 2 aliphatic rings. The van der Waals surface area contributed by atoms with E-state index < -0.39 is 40.1 Å². The number of hydrogen-bond donors (Lipinski definition) is 3. The summed E-state index contributed by atoms with van der Waals surface area (Å²) in [6.45, 7) is 4.79. The van der Waals surface area contributed by atoms with Crippen molar-refractivity contribution in [2.75, 3.05) is 35.9 Å². The second kappa shape index (κ2) is 15.0. The zero-order valence-electron chi connectivity index (χ0n) is 26.1. The summed E-state index contributed by atoms with van der Waals surface area (Å²) in [5.41, 5.74) is 7.41. The number of rotatable bonds is 13. The summed E-state index contributed by atoms with van der Waals surface area (Å²) in [5.74, 6) is -1.50. The van der Waals surface area contributed by atoms with E-state index >= 15 is 0 Å². The van der Waals surface area contributed by atoms with Gasteiger partial charge in [-0.1, -0.05) is 19.4 Å². The van der Waals surface area contributed by atoms with Crippen LogP contribution in [0.25, 0.3) is 0 Å². The molecule has 2 fully saturated rings. The SMILES string of the molecule is CCCCN(C(=O)Nc1cc(C(N)=O)c(F)cc1F)C1CCN(Cc2ccc(Oc3ccc(NS(C)=O)cc3)nc2C2CC2)CC1. The Kier molecular flexibility index (Phi) is 10.8. The highest BCUT2D eigenvalue weighted by molar-refractivity contribution is 7.85. The molecule has 1 aliphatic carbocycles. The number of primary amides is 1. The number of halogens is 2. The van der Waals surface area contributed by atoms with Crippen LogP contribution in [0.15, 0.2) is 48.5 Å². The number of pyridine rings is 1. The number of carbonyl (C=O) groups excluding carboxylic acids is 2. The lowest BCUT2D eigenvalue weighted by atomic mass is 10.0. The van der Waals surface area contributed by atoms with Crippen LogP contribution in [0.1, 0.15) is 73.0 Å². The number of anilines is 2. The van der Waals surface area contributed by atoms with Crippen molar-refractivity contribution in [2.24, 2.45) is 5.73 Å². The molecule has 10 nitrogen and oxygen atoms in total. The number of urea groups is 1. The van der Waals surface area contributed by atoms with Gasteiger partial charge in [0, 0.05) is 62.2 Å². The maximum atomic E-state index is 14.5. The van der Waals surface area contributed by atoms with Crippen molar-refractivity contribution in [3.63, 3.8) is 0 Å². The lowest BCUT2D eigenvalue weighted by Crippen LogP contribution is -2.49. The summed E-state index contributed by atoms with van der Waals surface area (Å²) in [6.07, 6.45) is 6.88. The van der Waals surface area contributed by atoms with Crippen molar-refractivity contribution >= 4 is 34.3 Å². The zero-order valence-corrected chi connectivity index (χ0v) is 26.9. The molecule has 4 N–H and O–H groups in total. The Morgan fingerprint density at radius 1 is 1.07 bits per heavy atom. The van der Waals surface area contributed by atoms with Gasteiger partial charge in [-0.3, -0.25) is 9.69 Å². The van der Waals surface area contributed by atoms with Crippen LogP contribution in [-0.2, 0) is 17.5 Å². The van der Waals surface area contributed by atoms with Crippen LogP contribution >= 0.6 is 0 Å². The van der Waals surface area contributed by atoms with Gasteiger partial charge in [0.2, 0.25) is 5.88 Å². The molecule has 1 saturated heterocycles. The van der Waals surface area contributed by atoms with E-state index in [-0.39, 0.29) is 11.7 Å². The molecule has 2 heterocycles. The zero-order chi connectivity index (χ0) is 32.8. The van der Waals surface area contributed by atoms with E-state index in [1.165, 1.54) is 0 Å². The number of nitrogens with zero attached hydrogens (tertiary/aromatic N) is 3. The van der Waals surface area contributed by atoms with Crippen molar-refractivity contribution in [3.05, 3.63) is 77.0 Å². The number of nitrogens with two attached hydrogens (primary N) is 1. The van der Waals surface area contributed by atoms with Crippen LogP contribution in [0.4, 0.5) is 25.0 Å². The molecule has 46 heavy (non-hydrogen) atoms. The molecule has 1 saturated carbocycles. The largest absolute Gasteiger partial charge is 0.439 e. The minimum absolute atomic E-state index is 0.0577. The standard InChI is InChI=1S/C33H40F2N6O4S/c1-3-4-15-41(33(43)37-29-18-26(32(36)42)27(34)19-28(29)35)24-13-16-40(17-14-24)20-22-7-12-30(38-31(22)21-5-6-21)45-25-10-8-23(9-11-25)39-46(2)44/h7-12,18-19,21,24,39H,3-6,13-17,20H2,1-2H3,(H2,36,42)(H,37,43). The highest BCUT2D eigenvalue weighted by Gasteiger charge is 2.31. The van der Waals surface area contributed by atoms with Gasteiger partial charge < -0.3 is 25.4 Å². The molecule has 1 atom stereocenters. The summed E-state index contributed by atoms with van der Waals surface area (Å²) >= 11 is 0. The minimum Gasteiger partial charge on any atom is -0.439 e. The first kappa shape index (κ1) is 33.3. The number of benzene rings is 2. The average Bonchev–Trinajstić information content (AvgIpc) is 3.86. The van der Waals surface area contributed by atoms with E-state index in [2.05, 4.69) is 21.0 Å². The second-order valence-corrected chi connectivity index (χ2v) is 12.9. The summed E-state index contributed by atoms with van der Waals surface area (Å²) in [5, 5.41) is 2.54. The van der Waals surface area contributed by atoms with Crippen molar-refractivity contribution in [1.29, 1.82) is 0 Å². The van der Waals surface area contributed by atoms with Crippen LogP contribution in [0, 0.1) is 11.6 Å². The van der Waals surface area contributed by atoms with E-state index in [9.17, 15) is 22.6 Å². The number of ether oxygens (including phenoxy) is 1. The lowest BCUT2D eigenvalue weighted by Gasteiger charge is -2.38. The number of aromatic nitrogens is 1. The van der Waals surface area contributed by atoms with Crippen molar-refractivity contribution < 1.29 is 27.3 Å². The number of carbonyl (C=O) groups is 2. The average molecular weight is 655 g/mol. The maximum absolute atomic E-state index is 14.5. The number of hydrogen-bond acceptors (Lipinski definition) is 6. The minimum atomic E-state index is -1.15. The van der Waals surface area contributed by atoms with E-state index in [1.807, 2.05) is 37.3 Å². The van der Waals surface area contributed by atoms with Gasteiger partial charge in [0.1, 0.15) is 28.4 Å². The van der Waals surface area contributed by atoms with Crippen molar-refractivity contribution in [3.8, 4) is 11.6 Å². The Morgan fingerprint density at radius 2 is 1.78 bits per heavy atom. The van der Waals surface area contributed by atoms with Crippen LogP contribution in [0.3, 0.4) is 0 Å². The summed E-state index contributed by atoms with van der Waals surface area (Å²) in [7, 11) is -1.15. The highest BCUT2D eigenvalue weighted by atomic mass is 32.2. The van der Waals surface area contributed by atoms with Gasteiger partial charge in [-0.25, -0.2) is 22.8 Å². The number of piperidine rings is 1. The van der Waals surface area contributed by atoms with Gasteiger partial charge in [0.15, 0.2) is 0 Å². The molecule has 246 valence electrons. The molecular formula is C33H40F2N6O4S. The number of likely N-dealkylation sites (tertiary alicyclic amines) is 1.